The average Bonchev–Trinajstić information content (AvgIpc) is 3.20. The van der Waals surface area contributed by atoms with Crippen LogP contribution in [0.5, 0.6) is 11.5 Å². The lowest BCUT2D eigenvalue weighted by Crippen LogP contribution is -2.23. The number of aryl methyl sites for hydroxylation is 1. The molecule has 0 aliphatic carbocycles. The van der Waals surface area contributed by atoms with E-state index in [1.54, 1.807) is 13.2 Å². The van der Waals surface area contributed by atoms with Crippen LogP contribution in [0.25, 0.3) is 11.4 Å². The first-order valence-corrected chi connectivity index (χ1v) is 9.64. The second-order valence-electron chi connectivity index (χ2n) is 6.47. The quantitative estimate of drug-likeness (QED) is 0.518. The predicted molar refractivity (Wildman–Crippen MR) is 111 cm³/mol. The number of H-pyrrole nitrogens is 1. The fourth-order valence-corrected chi connectivity index (χ4v) is 2.93. The highest BCUT2D eigenvalue weighted by Crippen LogP contribution is 2.22. The van der Waals surface area contributed by atoms with Gasteiger partial charge in [0.2, 0.25) is 5.91 Å². The van der Waals surface area contributed by atoms with Crippen LogP contribution in [-0.2, 0) is 11.3 Å². The Morgan fingerprint density at radius 3 is 2.72 bits per heavy atom. The number of hydrogen-bond acceptors (Lipinski definition) is 5. The zero-order valence-corrected chi connectivity index (χ0v) is 17.1. The standard InChI is InChI=1S/C21H23ClN4O3/c1-14-12-16(22)7-10-18(14)29-11-3-4-20(27)23-13-19-24-21(26-25-19)15-5-8-17(28-2)9-6-15/h5-10,12H,3-4,11,13H2,1-2H3,(H,23,27)(H,24,25,26). The lowest BCUT2D eigenvalue weighted by atomic mass is 10.2. The molecule has 0 saturated carbocycles. The topological polar surface area (TPSA) is 89.1 Å². The monoisotopic (exact) mass is 414 g/mol. The summed E-state index contributed by atoms with van der Waals surface area (Å²) in [5.74, 6) is 2.65. The van der Waals surface area contributed by atoms with Crippen LogP contribution >= 0.6 is 11.6 Å². The van der Waals surface area contributed by atoms with Crippen molar-refractivity contribution in [2.24, 2.45) is 0 Å². The molecule has 2 N–H and O–H groups in total. The number of aromatic nitrogens is 3. The molecular weight excluding hydrogens is 392 g/mol. The summed E-state index contributed by atoms with van der Waals surface area (Å²) in [5.41, 5.74) is 1.84. The molecule has 0 radical (unpaired) electrons. The van der Waals surface area contributed by atoms with Crippen molar-refractivity contribution in [3.8, 4) is 22.9 Å². The van der Waals surface area contributed by atoms with Crippen molar-refractivity contribution in [3.05, 3.63) is 58.9 Å². The maximum absolute atomic E-state index is 12.0. The third kappa shape index (κ3) is 5.96. The van der Waals surface area contributed by atoms with Gasteiger partial charge in [0.05, 0.1) is 20.3 Å². The third-order valence-electron chi connectivity index (χ3n) is 4.28. The number of nitrogens with one attached hydrogen (secondary N) is 2. The molecule has 1 heterocycles. The first-order chi connectivity index (χ1) is 14.0. The van der Waals surface area contributed by atoms with E-state index in [2.05, 4.69) is 20.5 Å². The van der Waals surface area contributed by atoms with Gasteiger partial charge in [-0.2, -0.15) is 5.10 Å². The second kappa shape index (κ2) is 9.93. The summed E-state index contributed by atoms with van der Waals surface area (Å²) >= 11 is 5.93. The molecule has 0 unspecified atom stereocenters. The molecule has 8 heteroatoms. The van der Waals surface area contributed by atoms with Crippen LogP contribution in [-0.4, -0.2) is 34.8 Å². The number of aromatic amines is 1. The Labute approximate surface area is 174 Å². The highest BCUT2D eigenvalue weighted by Gasteiger charge is 2.08. The number of nitrogens with zero attached hydrogens (tertiary/aromatic N) is 2. The average molecular weight is 415 g/mol. The van der Waals surface area contributed by atoms with Gasteiger partial charge in [0, 0.05) is 17.0 Å². The summed E-state index contributed by atoms with van der Waals surface area (Å²) in [6.07, 6.45) is 0.980. The van der Waals surface area contributed by atoms with E-state index in [0.29, 0.717) is 42.7 Å². The van der Waals surface area contributed by atoms with Gasteiger partial charge in [0.25, 0.3) is 0 Å². The number of rotatable bonds is 9. The molecule has 3 rings (SSSR count). The molecule has 29 heavy (non-hydrogen) atoms. The summed E-state index contributed by atoms with van der Waals surface area (Å²) < 4.78 is 10.8. The molecule has 0 atom stereocenters. The van der Waals surface area contributed by atoms with Gasteiger partial charge in [-0.1, -0.05) is 11.6 Å². The van der Waals surface area contributed by atoms with Crippen molar-refractivity contribution < 1.29 is 14.3 Å². The maximum Gasteiger partial charge on any atom is 0.220 e. The number of halogens is 1. The Kier molecular flexibility index (Phi) is 7.08. The number of carbonyl (C=O) groups excluding carboxylic acids is 1. The number of benzene rings is 2. The molecule has 3 aromatic rings. The van der Waals surface area contributed by atoms with Crippen molar-refractivity contribution in [1.82, 2.24) is 20.5 Å². The van der Waals surface area contributed by atoms with E-state index in [4.69, 9.17) is 21.1 Å². The van der Waals surface area contributed by atoms with Gasteiger partial charge in [0.15, 0.2) is 5.82 Å². The molecule has 2 aromatic carbocycles. The Morgan fingerprint density at radius 2 is 2.00 bits per heavy atom. The summed E-state index contributed by atoms with van der Waals surface area (Å²) in [7, 11) is 1.62. The minimum absolute atomic E-state index is 0.0659. The minimum Gasteiger partial charge on any atom is -0.497 e. The summed E-state index contributed by atoms with van der Waals surface area (Å²) in [6.45, 7) is 2.68. The third-order valence-corrected chi connectivity index (χ3v) is 4.51. The van der Waals surface area contributed by atoms with Crippen molar-refractivity contribution in [1.29, 1.82) is 0 Å². The number of methoxy groups -OCH3 is 1. The number of carbonyl (C=O) groups is 1. The Bertz CT molecular complexity index is 957. The first kappa shape index (κ1) is 20.7. The number of ether oxygens (including phenoxy) is 2. The van der Waals surface area contributed by atoms with Gasteiger partial charge in [-0.25, -0.2) is 4.98 Å². The first-order valence-electron chi connectivity index (χ1n) is 9.26. The van der Waals surface area contributed by atoms with Gasteiger partial charge < -0.3 is 14.8 Å². The lowest BCUT2D eigenvalue weighted by Gasteiger charge is -2.09. The van der Waals surface area contributed by atoms with Gasteiger partial charge in [0.1, 0.15) is 17.3 Å². The normalized spacial score (nSPS) is 10.6. The van der Waals surface area contributed by atoms with Crippen LogP contribution in [0.3, 0.4) is 0 Å². The molecule has 0 aliphatic heterocycles. The van der Waals surface area contributed by atoms with Crippen molar-refractivity contribution in [2.45, 2.75) is 26.3 Å². The molecule has 0 spiro atoms. The number of amides is 1. The van der Waals surface area contributed by atoms with Gasteiger partial charge in [-0.3, -0.25) is 9.89 Å². The minimum atomic E-state index is -0.0659. The summed E-state index contributed by atoms with van der Waals surface area (Å²) in [6, 6.07) is 12.9. The molecular formula is C21H23ClN4O3. The van der Waals surface area contributed by atoms with Crippen LogP contribution in [0.15, 0.2) is 42.5 Å². The van der Waals surface area contributed by atoms with E-state index in [1.165, 1.54) is 0 Å². The highest BCUT2D eigenvalue weighted by atomic mass is 35.5. The lowest BCUT2D eigenvalue weighted by molar-refractivity contribution is -0.121. The Balaban J connectivity index is 1.39. The van der Waals surface area contributed by atoms with E-state index >= 15 is 0 Å². The fraction of sp³-hybridized carbons (Fsp3) is 0.286. The zero-order valence-electron chi connectivity index (χ0n) is 16.4. The molecule has 1 aromatic heterocycles. The predicted octanol–water partition coefficient (Wildman–Crippen LogP) is 3.92. The van der Waals surface area contributed by atoms with Gasteiger partial charge in [-0.15, -0.1) is 0 Å². The van der Waals surface area contributed by atoms with Crippen molar-refractivity contribution in [3.63, 3.8) is 0 Å². The van der Waals surface area contributed by atoms with Crippen LogP contribution in [0, 0.1) is 6.92 Å². The number of hydrogen-bond donors (Lipinski definition) is 2. The molecule has 0 saturated heterocycles. The van der Waals surface area contributed by atoms with Crippen LogP contribution in [0.4, 0.5) is 0 Å². The molecule has 1 amide bonds. The van der Waals surface area contributed by atoms with E-state index in [1.807, 2.05) is 43.3 Å². The molecule has 152 valence electrons. The SMILES string of the molecule is COc1ccc(-c2n[nH]c(CNC(=O)CCCOc3ccc(Cl)cc3C)n2)cc1. The summed E-state index contributed by atoms with van der Waals surface area (Å²) in [5, 5.41) is 10.5. The van der Waals surface area contributed by atoms with Crippen molar-refractivity contribution >= 4 is 17.5 Å². The maximum atomic E-state index is 12.0. The van der Waals surface area contributed by atoms with E-state index in [9.17, 15) is 4.79 Å². The van der Waals surface area contributed by atoms with Crippen LogP contribution < -0.4 is 14.8 Å². The van der Waals surface area contributed by atoms with E-state index in [0.717, 1.165) is 22.6 Å². The largest absolute Gasteiger partial charge is 0.497 e. The van der Waals surface area contributed by atoms with Crippen LogP contribution in [0.1, 0.15) is 24.2 Å². The van der Waals surface area contributed by atoms with E-state index < -0.39 is 0 Å². The van der Waals surface area contributed by atoms with Crippen molar-refractivity contribution in [2.75, 3.05) is 13.7 Å². The molecule has 0 bridgehead atoms. The highest BCUT2D eigenvalue weighted by molar-refractivity contribution is 6.30. The molecule has 0 fully saturated rings. The van der Waals surface area contributed by atoms with Gasteiger partial charge in [-0.05, 0) is 61.4 Å². The van der Waals surface area contributed by atoms with E-state index in [-0.39, 0.29) is 5.91 Å². The Morgan fingerprint density at radius 1 is 1.21 bits per heavy atom. The van der Waals surface area contributed by atoms with Crippen LogP contribution in [0.2, 0.25) is 5.02 Å². The second-order valence-corrected chi connectivity index (χ2v) is 6.91. The summed E-state index contributed by atoms with van der Waals surface area (Å²) in [4.78, 5) is 16.4. The Hall–Kier alpha value is -3.06. The fourth-order valence-electron chi connectivity index (χ4n) is 2.70. The van der Waals surface area contributed by atoms with Gasteiger partial charge >= 0.3 is 0 Å². The molecule has 0 aliphatic rings. The smallest absolute Gasteiger partial charge is 0.220 e. The molecule has 7 nitrogen and oxygen atoms in total. The zero-order chi connectivity index (χ0) is 20.6.